The number of anilines is 1. The second-order valence-electron chi connectivity index (χ2n) is 3.64. The fraction of sp³-hybridized carbons (Fsp3) is 0.364. The zero-order chi connectivity index (χ0) is 11.5. The number of hydrogen-bond acceptors (Lipinski definition) is 4. The highest BCUT2D eigenvalue weighted by atomic mass is 16.6. The Morgan fingerprint density at radius 3 is 3.12 bits per heavy atom. The topological polar surface area (TPSA) is 59.6 Å². The van der Waals surface area contributed by atoms with E-state index in [2.05, 4.69) is 10.8 Å². The van der Waals surface area contributed by atoms with Crippen LogP contribution in [0.4, 0.5) is 5.69 Å². The lowest BCUT2D eigenvalue weighted by Gasteiger charge is -2.20. The van der Waals surface area contributed by atoms with Gasteiger partial charge in [-0.25, -0.2) is 0 Å². The van der Waals surface area contributed by atoms with E-state index in [-0.39, 0.29) is 18.6 Å². The Labute approximate surface area is 93.7 Å². The van der Waals surface area contributed by atoms with Crippen molar-refractivity contribution in [1.29, 1.82) is 0 Å². The Balaban J connectivity index is 2.24. The minimum absolute atomic E-state index is 0.0501. The van der Waals surface area contributed by atoms with Crippen LogP contribution in [-0.4, -0.2) is 19.6 Å². The quantitative estimate of drug-likeness (QED) is 0.755. The predicted molar refractivity (Wildman–Crippen MR) is 59.1 cm³/mol. The molecule has 5 nitrogen and oxygen atoms in total. The number of amides is 1. The molecule has 0 aliphatic carbocycles. The molecule has 1 heterocycles. The van der Waals surface area contributed by atoms with Gasteiger partial charge < -0.3 is 14.9 Å². The van der Waals surface area contributed by atoms with Crippen LogP contribution in [0.2, 0.25) is 0 Å². The molecule has 1 amide bonds. The van der Waals surface area contributed by atoms with E-state index >= 15 is 0 Å². The van der Waals surface area contributed by atoms with Crippen LogP contribution in [0.5, 0.6) is 5.75 Å². The minimum atomic E-state index is -0.128. The van der Waals surface area contributed by atoms with E-state index in [0.29, 0.717) is 11.4 Å². The van der Waals surface area contributed by atoms with Crippen LogP contribution >= 0.6 is 0 Å². The third kappa shape index (κ3) is 2.15. The fourth-order valence-electron chi connectivity index (χ4n) is 1.61. The molecule has 0 saturated heterocycles. The summed E-state index contributed by atoms with van der Waals surface area (Å²) >= 11 is 0. The summed E-state index contributed by atoms with van der Waals surface area (Å²) in [5, 5.41) is 2.76. The standard InChI is InChI=1S/C11H14N2O3/c1-7(13-15-2)8-3-4-10-9(5-8)12-11(14)6-16-10/h3-5,7,13H,6H2,1-2H3,(H,12,14). The maximum absolute atomic E-state index is 11.2. The van der Waals surface area contributed by atoms with Gasteiger partial charge in [-0.2, -0.15) is 5.48 Å². The predicted octanol–water partition coefficient (Wildman–Crippen LogP) is 1.23. The van der Waals surface area contributed by atoms with Crippen molar-refractivity contribution in [2.45, 2.75) is 13.0 Å². The van der Waals surface area contributed by atoms with E-state index in [1.165, 1.54) is 0 Å². The Hall–Kier alpha value is -1.59. The first-order valence-corrected chi connectivity index (χ1v) is 5.06. The number of rotatable bonds is 3. The zero-order valence-corrected chi connectivity index (χ0v) is 9.24. The molecular weight excluding hydrogens is 208 g/mol. The van der Waals surface area contributed by atoms with E-state index in [1.807, 2.05) is 25.1 Å². The number of carbonyl (C=O) groups is 1. The van der Waals surface area contributed by atoms with Gasteiger partial charge in [0.25, 0.3) is 5.91 Å². The number of benzene rings is 1. The zero-order valence-electron chi connectivity index (χ0n) is 9.24. The van der Waals surface area contributed by atoms with Crippen molar-refractivity contribution < 1.29 is 14.4 Å². The molecule has 0 bridgehead atoms. The van der Waals surface area contributed by atoms with Crippen molar-refractivity contribution in [3.05, 3.63) is 23.8 Å². The number of hydrogen-bond donors (Lipinski definition) is 2. The van der Waals surface area contributed by atoms with Crippen molar-refractivity contribution in [1.82, 2.24) is 5.48 Å². The molecule has 16 heavy (non-hydrogen) atoms. The summed E-state index contributed by atoms with van der Waals surface area (Å²) in [5.41, 5.74) is 4.55. The van der Waals surface area contributed by atoms with Gasteiger partial charge in [0.2, 0.25) is 0 Å². The molecule has 86 valence electrons. The van der Waals surface area contributed by atoms with Crippen LogP contribution < -0.4 is 15.5 Å². The first-order chi connectivity index (χ1) is 7.70. The molecule has 0 fully saturated rings. The van der Waals surface area contributed by atoms with Crippen molar-refractivity contribution in [3.8, 4) is 5.75 Å². The van der Waals surface area contributed by atoms with Gasteiger partial charge in [-0.05, 0) is 24.6 Å². The molecule has 2 N–H and O–H groups in total. The Bertz CT molecular complexity index is 406. The SMILES string of the molecule is CONC(C)c1ccc2c(c1)NC(=O)CO2. The molecule has 0 saturated carbocycles. The van der Waals surface area contributed by atoms with Gasteiger partial charge in [0.05, 0.1) is 18.8 Å². The number of ether oxygens (including phenoxy) is 1. The number of nitrogens with one attached hydrogen (secondary N) is 2. The lowest BCUT2D eigenvalue weighted by Crippen LogP contribution is -2.26. The summed E-state index contributed by atoms with van der Waals surface area (Å²) < 4.78 is 5.27. The normalized spacial score (nSPS) is 16.0. The monoisotopic (exact) mass is 222 g/mol. The molecular formula is C11H14N2O3. The van der Waals surface area contributed by atoms with Crippen molar-refractivity contribution in [2.24, 2.45) is 0 Å². The molecule has 1 aromatic carbocycles. The van der Waals surface area contributed by atoms with Gasteiger partial charge in [-0.1, -0.05) is 6.07 Å². The first kappa shape index (κ1) is 10.9. The fourth-order valence-corrected chi connectivity index (χ4v) is 1.61. The molecule has 0 spiro atoms. The molecule has 0 radical (unpaired) electrons. The summed E-state index contributed by atoms with van der Waals surface area (Å²) in [7, 11) is 1.57. The molecule has 1 atom stereocenters. The molecule has 1 aliphatic rings. The van der Waals surface area contributed by atoms with Gasteiger partial charge >= 0.3 is 0 Å². The molecule has 1 aromatic rings. The lowest BCUT2D eigenvalue weighted by molar-refractivity contribution is -0.118. The third-order valence-electron chi connectivity index (χ3n) is 2.43. The van der Waals surface area contributed by atoms with Crippen LogP contribution in [0.25, 0.3) is 0 Å². The van der Waals surface area contributed by atoms with Crippen LogP contribution in [0.3, 0.4) is 0 Å². The van der Waals surface area contributed by atoms with Gasteiger partial charge in [-0.15, -0.1) is 0 Å². The maximum atomic E-state index is 11.2. The summed E-state index contributed by atoms with van der Waals surface area (Å²) in [4.78, 5) is 16.0. The minimum Gasteiger partial charge on any atom is -0.482 e. The van der Waals surface area contributed by atoms with E-state index in [9.17, 15) is 4.79 Å². The highest BCUT2D eigenvalue weighted by molar-refractivity contribution is 5.95. The highest BCUT2D eigenvalue weighted by Crippen LogP contribution is 2.30. The number of hydroxylamine groups is 1. The summed E-state index contributed by atoms with van der Waals surface area (Å²) in [6, 6.07) is 5.71. The third-order valence-corrected chi connectivity index (χ3v) is 2.43. The Morgan fingerprint density at radius 2 is 2.38 bits per heavy atom. The van der Waals surface area contributed by atoms with Crippen molar-refractivity contribution >= 4 is 11.6 Å². The number of fused-ring (bicyclic) bond motifs is 1. The average molecular weight is 222 g/mol. The highest BCUT2D eigenvalue weighted by Gasteiger charge is 2.17. The van der Waals surface area contributed by atoms with Gasteiger partial charge in [0.1, 0.15) is 5.75 Å². The van der Waals surface area contributed by atoms with Gasteiger partial charge in [0.15, 0.2) is 6.61 Å². The molecule has 0 aromatic heterocycles. The second kappa shape index (κ2) is 4.51. The van der Waals surface area contributed by atoms with Crippen LogP contribution in [0, 0.1) is 0 Å². The van der Waals surface area contributed by atoms with E-state index < -0.39 is 0 Å². The van der Waals surface area contributed by atoms with Crippen molar-refractivity contribution in [2.75, 3.05) is 19.0 Å². The number of carbonyl (C=O) groups excluding carboxylic acids is 1. The van der Waals surface area contributed by atoms with Crippen LogP contribution in [0.15, 0.2) is 18.2 Å². The average Bonchev–Trinajstić information content (AvgIpc) is 2.28. The second-order valence-corrected chi connectivity index (χ2v) is 3.64. The summed E-state index contributed by atoms with van der Waals surface area (Å²) in [6.07, 6.45) is 0. The smallest absolute Gasteiger partial charge is 0.262 e. The van der Waals surface area contributed by atoms with E-state index in [4.69, 9.17) is 9.57 Å². The lowest BCUT2D eigenvalue weighted by atomic mass is 10.1. The van der Waals surface area contributed by atoms with E-state index in [0.717, 1.165) is 5.56 Å². The maximum Gasteiger partial charge on any atom is 0.262 e. The van der Waals surface area contributed by atoms with Crippen molar-refractivity contribution in [3.63, 3.8) is 0 Å². The van der Waals surface area contributed by atoms with Gasteiger partial charge in [0, 0.05) is 0 Å². The summed E-state index contributed by atoms with van der Waals surface area (Å²) in [6.45, 7) is 2.05. The van der Waals surface area contributed by atoms with Crippen LogP contribution in [-0.2, 0) is 9.63 Å². The van der Waals surface area contributed by atoms with Crippen LogP contribution in [0.1, 0.15) is 18.5 Å². The van der Waals surface area contributed by atoms with E-state index in [1.54, 1.807) is 7.11 Å². The molecule has 1 aliphatic heterocycles. The Morgan fingerprint density at radius 1 is 1.56 bits per heavy atom. The first-order valence-electron chi connectivity index (χ1n) is 5.06. The molecule has 1 unspecified atom stereocenters. The summed E-state index contributed by atoms with van der Waals surface area (Å²) in [5.74, 6) is 0.574. The molecule has 2 rings (SSSR count). The van der Waals surface area contributed by atoms with Gasteiger partial charge in [-0.3, -0.25) is 4.79 Å². The Kier molecular flexibility index (Phi) is 3.07. The molecule has 5 heteroatoms. The largest absolute Gasteiger partial charge is 0.482 e.